The summed E-state index contributed by atoms with van der Waals surface area (Å²) in [6.07, 6.45) is 5.05. The maximum absolute atomic E-state index is 12.1. The van der Waals surface area contributed by atoms with Crippen LogP contribution < -0.4 is 10.6 Å². The summed E-state index contributed by atoms with van der Waals surface area (Å²) < 4.78 is 5.67. The molecule has 21 heavy (non-hydrogen) atoms. The van der Waals surface area contributed by atoms with Crippen molar-refractivity contribution in [1.82, 2.24) is 5.32 Å². The molecule has 2 rings (SSSR count). The third kappa shape index (κ3) is 4.83. The van der Waals surface area contributed by atoms with Crippen LogP contribution in [-0.4, -0.2) is 25.7 Å². The minimum absolute atomic E-state index is 0.0694. The van der Waals surface area contributed by atoms with Crippen molar-refractivity contribution in [2.24, 2.45) is 0 Å². The van der Waals surface area contributed by atoms with Gasteiger partial charge < -0.3 is 15.4 Å². The van der Waals surface area contributed by atoms with Crippen LogP contribution in [0, 0.1) is 0 Å². The maximum Gasteiger partial charge on any atom is 0.224 e. The molecule has 0 saturated carbocycles. The average Bonchev–Trinajstić information content (AvgIpc) is 2.54. The van der Waals surface area contributed by atoms with E-state index in [1.165, 1.54) is 6.42 Å². The quantitative estimate of drug-likeness (QED) is 0.845. The monoisotopic (exact) mass is 290 g/mol. The molecule has 1 fully saturated rings. The smallest absolute Gasteiger partial charge is 0.224 e. The number of ether oxygens (including phenoxy) is 1. The number of nitrogens with one attached hydrogen (secondary N) is 2. The topological polar surface area (TPSA) is 50.4 Å². The normalized spacial score (nSPS) is 20.0. The van der Waals surface area contributed by atoms with E-state index in [2.05, 4.69) is 17.6 Å². The largest absolute Gasteiger partial charge is 0.378 e. The molecule has 1 heterocycles. The van der Waals surface area contributed by atoms with E-state index >= 15 is 0 Å². The first-order valence-electron chi connectivity index (χ1n) is 7.88. The Hall–Kier alpha value is -1.39. The lowest BCUT2D eigenvalue weighted by Gasteiger charge is -2.22. The summed E-state index contributed by atoms with van der Waals surface area (Å²) in [7, 11) is 1.92. The summed E-state index contributed by atoms with van der Waals surface area (Å²) in [6, 6.07) is 8.16. The second-order valence-electron chi connectivity index (χ2n) is 5.67. The van der Waals surface area contributed by atoms with Crippen LogP contribution in [0.1, 0.15) is 50.6 Å². The van der Waals surface area contributed by atoms with Crippen LogP contribution in [0.25, 0.3) is 0 Å². The predicted molar refractivity (Wildman–Crippen MR) is 85.4 cm³/mol. The van der Waals surface area contributed by atoms with Crippen molar-refractivity contribution in [3.8, 4) is 0 Å². The molecule has 1 aliphatic rings. The number of carbonyl (C=O) groups is 1. The molecule has 116 valence electrons. The van der Waals surface area contributed by atoms with E-state index in [0.29, 0.717) is 6.42 Å². The molecule has 0 bridgehead atoms. The van der Waals surface area contributed by atoms with Crippen molar-refractivity contribution < 1.29 is 9.53 Å². The zero-order valence-electron chi connectivity index (χ0n) is 13.0. The molecule has 1 aromatic rings. The Bertz CT molecular complexity index is 456. The van der Waals surface area contributed by atoms with E-state index in [0.717, 1.165) is 37.1 Å². The van der Waals surface area contributed by atoms with Crippen LogP contribution >= 0.6 is 0 Å². The molecule has 4 nitrogen and oxygen atoms in total. The van der Waals surface area contributed by atoms with E-state index in [9.17, 15) is 4.79 Å². The second-order valence-corrected chi connectivity index (χ2v) is 5.67. The number of amides is 1. The van der Waals surface area contributed by atoms with Crippen LogP contribution in [-0.2, 0) is 9.53 Å². The summed E-state index contributed by atoms with van der Waals surface area (Å²) in [5.41, 5.74) is 2.01. The Balaban J connectivity index is 1.87. The molecule has 2 unspecified atom stereocenters. The number of benzene rings is 1. The van der Waals surface area contributed by atoms with Gasteiger partial charge in [-0.15, -0.1) is 0 Å². The number of anilines is 1. The summed E-state index contributed by atoms with van der Waals surface area (Å²) in [4.78, 5) is 12.1. The summed E-state index contributed by atoms with van der Waals surface area (Å²) in [6.45, 7) is 2.93. The molecule has 2 atom stereocenters. The van der Waals surface area contributed by atoms with E-state index in [-0.39, 0.29) is 18.1 Å². The van der Waals surface area contributed by atoms with Gasteiger partial charge in [0.2, 0.25) is 5.91 Å². The first-order chi connectivity index (χ1) is 10.2. The van der Waals surface area contributed by atoms with Gasteiger partial charge in [0.05, 0.1) is 6.10 Å². The SMILES string of the molecule is CNC(C)c1ccccc1NC(=O)CCC1CCCCO1. The standard InChI is InChI=1S/C17H26N2O2/c1-13(18-2)15-8-3-4-9-16(15)19-17(20)11-10-14-7-5-6-12-21-14/h3-4,8-9,13-14,18H,5-7,10-12H2,1-2H3,(H,19,20). The fourth-order valence-corrected chi connectivity index (χ4v) is 2.68. The van der Waals surface area contributed by atoms with Gasteiger partial charge in [0.15, 0.2) is 0 Å². The highest BCUT2D eigenvalue weighted by atomic mass is 16.5. The van der Waals surface area contributed by atoms with E-state index in [1.807, 2.05) is 31.3 Å². The minimum Gasteiger partial charge on any atom is -0.378 e. The molecule has 1 aliphatic heterocycles. The molecular formula is C17H26N2O2. The summed E-state index contributed by atoms with van der Waals surface area (Å²) in [5.74, 6) is 0.0694. The third-order valence-electron chi connectivity index (χ3n) is 4.10. The van der Waals surface area contributed by atoms with E-state index in [4.69, 9.17) is 4.74 Å². The van der Waals surface area contributed by atoms with E-state index < -0.39 is 0 Å². The molecule has 0 radical (unpaired) electrons. The third-order valence-corrected chi connectivity index (χ3v) is 4.10. The van der Waals surface area contributed by atoms with Crippen LogP contribution in [0.2, 0.25) is 0 Å². The number of carbonyl (C=O) groups excluding carboxylic acids is 1. The van der Waals surface area contributed by atoms with Gasteiger partial charge in [-0.2, -0.15) is 0 Å². The second kappa shape index (κ2) is 8.15. The molecular weight excluding hydrogens is 264 g/mol. The van der Waals surface area contributed by atoms with Gasteiger partial charge in [0, 0.05) is 24.8 Å². The van der Waals surface area contributed by atoms with Gasteiger partial charge in [0.25, 0.3) is 0 Å². The first kappa shape index (κ1) is 16.0. The van der Waals surface area contributed by atoms with Gasteiger partial charge in [-0.3, -0.25) is 4.79 Å². The molecule has 1 saturated heterocycles. The van der Waals surface area contributed by atoms with Crippen molar-refractivity contribution in [3.05, 3.63) is 29.8 Å². The van der Waals surface area contributed by atoms with Crippen molar-refractivity contribution in [1.29, 1.82) is 0 Å². The lowest BCUT2D eigenvalue weighted by molar-refractivity contribution is -0.117. The fraction of sp³-hybridized carbons (Fsp3) is 0.588. The number of hydrogen-bond donors (Lipinski definition) is 2. The predicted octanol–water partition coefficient (Wildman–Crippen LogP) is 3.25. The van der Waals surface area contributed by atoms with Crippen LogP contribution in [0.15, 0.2) is 24.3 Å². The molecule has 1 amide bonds. The summed E-state index contributed by atoms with van der Waals surface area (Å²) >= 11 is 0. The molecule has 4 heteroatoms. The van der Waals surface area contributed by atoms with Crippen LogP contribution in [0.5, 0.6) is 0 Å². The van der Waals surface area contributed by atoms with Crippen molar-refractivity contribution in [2.45, 2.75) is 51.2 Å². The van der Waals surface area contributed by atoms with Gasteiger partial charge >= 0.3 is 0 Å². The Morgan fingerprint density at radius 1 is 1.38 bits per heavy atom. The van der Waals surface area contributed by atoms with Crippen molar-refractivity contribution in [3.63, 3.8) is 0 Å². The Morgan fingerprint density at radius 3 is 2.90 bits per heavy atom. The fourth-order valence-electron chi connectivity index (χ4n) is 2.68. The first-order valence-corrected chi connectivity index (χ1v) is 7.88. The number of hydrogen-bond acceptors (Lipinski definition) is 3. The summed E-state index contributed by atoms with van der Waals surface area (Å²) in [5, 5.41) is 6.24. The molecule has 2 N–H and O–H groups in total. The van der Waals surface area contributed by atoms with Gasteiger partial charge in [0.1, 0.15) is 0 Å². The van der Waals surface area contributed by atoms with Gasteiger partial charge in [-0.05, 0) is 51.3 Å². The number of rotatable bonds is 6. The lowest BCUT2D eigenvalue weighted by atomic mass is 10.0. The lowest BCUT2D eigenvalue weighted by Crippen LogP contribution is -2.22. The highest BCUT2D eigenvalue weighted by Crippen LogP contribution is 2.23. The minimum atomic E-state index is 0.0694. The van der Waals surface area contributed by atoms with Crippen LogP contribution in [0.3, 0.4) is 0 Å². The Morgan fingerprint density at radius 2 is 2.19 bits per heavy atom. The van der Waals surface area contributed by atoms with E-state index in [1.54, 1.807) is 0 Å². The number of para-hydroxylation sites is 1. The highest BCUT2D eigenvalue weighted by Gasteiger charge is 2.16. The molecule has 0 spiro atoms. The molecule has 0 aliphatic carbocycles. The zero-order chi connectivity index (χ0) is 15.1. The Labute approximate surface area is 127 Å². The molecule has 1 aromatic carbocycles. The van der Waals surface area contributed by atoms with Crippen molar-refractivity contribution in [2.75, 3.05) is 19.0 Å². The van der Waals surface area contributed by atoms with Crippen LogP contribution in [0.4, 0.5) is 5.69 Å². The molecule has 0 aromatic heterocycles. The maximum atomic E-state index is 12.1. The highest BCUT2D eigenvalue weighted by molar-refractivity contribution is 5.91. The van der Waals surface area contributed by atoms with Gasteiger partial charge in [-0.1, -0.05) is 18.2 Å². The average molecular weight is 290 g/mol. The van der Waals surface area contributed by atoms with Crippen molar-refractivity contribution >= 4 is 11.6 Å². The Kier molecular flexibility index (Phi) is 6.21. The zero-order valence-corrected chi connectivity index (χ0v) is 13.0. The van der Waals surface area contributed by atoms with Gasteiger partial charge in [-0.25, -0.2) is 0 Å².